The number of carbonyl (C=O) groups is 1. The van der Waals surface area contributed by atoms with Crippen molar-refractivity contribution < 1.29 is 54.1 Å². The van der Waals surface area contributed by atoms with Crippen molar-refractivity contribution in [3.05, 3.63) is 54.1 Å². The molecule has 0 radical (unpaired) electrons. The fourth-order valence-electron chi connectivity index (χ4n) is 3.39. The second-order valence-electron chi connectivity index (χ2n) is 8.84. The Morgan fingerprint density at radius 2 is 1.21 bits per heavy atom. The lowest BCUT2D eigenvalue weighted by molar-refractivity contribution is -0.379. The van der Waals surface area contributed by atoms with E-state index in [1.807, 2.05) is 0 Å². The van der Waals surface area contributed by atoms with Gasteiger partial charge in [0.05, 0.1) is 12.2 Å². The zero-order valence-corrected chi connectivity index (χ0v) is 21.2. The predicted molar refractivity (Wildman–Crippen MR) is 127 cm³/mol. The Hall–Kier alpha value is -3.05. The molecule has 0 aromatic heterocycles. The van der Waals surface area contributed by atoms with Crippen LogP contribution in [0.1, 0.15) is 68.6 Å². The van der Waals surface area contributed by atoms with Crippen LogP contribution >= 0.6 is 0 Å². The van der Waals surface area contributed by atoms with Crippen molar-refractivity contribution in [1.82, 2.24) is 0 Å². The molecule has 0 fully saturated rings. The minimum absolute atomic E-state index is 0.146. The third-order valence-electron chi connectivity index (χ3n) is 5.69. The maximum Gasteiger partial charge on any atom is 0.460 e. The zero-order chi connectivity index (χ0) is 29.1. The molecule has 2 aromatic carbocycles. The molecule has 0 saturated heterocycles. The number of unbranched alkanes of at least 4 members (excludes halogenated alkanes) is 7. The number of ether oxygens (including phenoxy) is 3. The van der Waals surface area contributed by atoms with Gasteiger partial charge in [0.15, 0.2) is 0 Å². The molecule has 1 unspecified atom stereocenters. The van der Waals surface area contributed by atoms with E-state index in [0.717, 1.165) is 43.5 Å². The van der Waals surface area contributed by atoms with Crippen molar-refractivity contribution in [2.45, 2.75) is 82.7 Å². The molecule has 2 aromatic rings. The highest BCUT2D eigenvalue weighted by Gasteiger charge is 2.77. The lowest BCUT2D eigenvalue weighted by Gasteiger charge is -2.30. The normalized spacial score (nSPS) is 13.2. The monoisotopic (exact) mass is 570 g/mol. The van der Waals surface area contributed by atoms with Gasteiger partial charge in [0, 0.05) is 0 Å². The summed E-state index contributed by atoms with van der Waals surface area (Å²) >= 11 is 0. The summed E-state index contributed by atoms with van der Waals surface area (Å²) in [5.41, 5.74) is 0.146. The van der Waals surface area contributed by atoms with Crippen LogP contribution in [0.2, 0.25) is 0 Å². The van der Waals surface area contributed by atoms with Crippen LogP contribution in [-0.4, -0.2) is 37.0 Å². The minimum atomic E-state index is -6.69. The largest absolute Gasteiger partial charge is 0.494 e. The van der Waals surface area contributed by atoms with E-state index in [-0.39, 0.29) is 11.3 Å². The molecule has 0 N–H and O–H groups in total. The van der Waals surface area contributed by atoms with Gasteiger partial charge in [0.2, 0.25) is 0 Å². The number of hydrogen-bond acceptors (Lipinski definition) is 4. The first-order valence-corrected chi connectivity index (χ1v) is 12.5. The molecule has 2 rings (SSSR count). The van der Waals surface area contributed by atoms with E-state index < -0.39 is 36.1 Å². The summed E-state index contributed by atoms with van der Waals surface area (Å²) in [5, 5.41) is 0. The van der Waals surface area contributed by atoms with E-state index in [4.69, 9.17) is 9.47 Å². The van der Waals surface area contributed by atoms with Gasteiger partial charge in [-0.15, -0.1) is 0 Å². The lowest BCUT2D eigenvalue weighted by atomic mass is 10.1. The Bertz CT molecular complexity index is 1010. The van der Waals surface area contributed by atoms with Crippen molar-refractivity contribution in [1.29, 1.82) is 0 Å². The minimum Gasteiger partial charge on any atom is -0.494 e. The van der Waals surface area contributed by atoms with Gasteiger partial charge in [-0.2, -0.15) is 35.1 Å². The molecule has 1 atom stereocenters. The molecule has 0 saturated carbocycles. The molecule has 0 heterocycles. The molecule has 12 heteroatoms. The molecule has 0 bridgehead atoms. The molecular weight excluding hydrogens is 540 g/mol. The number of halogens is 8. The van der Waals surface area contributed by atoms with E-state index in [1.165, 1.54) is 44.2 Å². The smallest absolute Gasteiger partial charge is 0.460 e. The van der Waals surface area contributed by atoms with Crippen LogP contribution in [0.15, 0.2) is 48.5 Å². The van der Waals surface area contributed by atoms with Crippen LogP contribution in [0.25, 0.3) is 0 Å². The van der Waals surface area contributed by atoms with Crippen LogP contribution in [-0.2, 0) is 0 Å². The quantitative estimate of drug-likeness (QED) is 0.0875. The van der Waals surface area contributed by atoms with Crippen LogP contribution in [0, 0.1) is 0 Å². The van der Waals surface area contributed by atoms with Crippen LogP contribution in [0.3, 0.4) is 0 Å². The topological polar surface area (TPSA) is 44.8 Å². The van der Waals surface area contributed by atoms with Crippen molar-refractivity contribution in [3.8, 4) is 17.2 Å². The first-order chi connectivity index (χ1) is 18.3. The number of hydrogen-bond donors (Lipinski definition) is 0. The number of esters is 1. The summed E-state index contributed by atoms with van der Waals surface area (Å²) in [6.45, 7) is 2.71. The second kappa shape index (κ2) is 14.4. The fraction of sp³-hybridized carbons (Fsp3) is 0.519. The molecule has 218 valence electrons. The molecule has 0 aliphatic rings. The summed E-state index contributed by atoms with van der Waals surface area (Å²) in [7, 11) is 0. The van der Waals surface area contributed by atoms with E-state index in [0.29, 0.717) is 12.4 Å². The molecule has 0 aliphatic carbocycles. The van der Waals surface area contributed by atoms with Crippen LogP contribution in [0.4, 0.5) is 35.1 Å². The fourth-order valence-corrected chi connectivity index (χ4v) is 3.39. The first kappa shape index (κ1) is 32.2. The first-order valence-electron chi connectivity index (χ1n) is 12.5. The lowest BCUT2D eigenvalue weighted by Crippen LogP contribution is -2.58. The van der Waals surface area contributed by atoms with Crippen LogP contribution in [0.5, 0.6) is 17.2 Å². The van der Waals surface area contributed by atoms with Gasteiger partial charge in [-0.3, -0.25) is 0 Å². The van der Waals surface area contributed by atoms with E-state index in [2.05, 4.69) is 11.7 Å². The summed E-state index contributed by atoms with van der Waals surface area (Å²) in [6, 6.07) is 9.52. The average molecular weight is 571 g/mol. The highest BCUT2D eigenvalue weighted by Crippen LogP contribution is 2.49. The summed E-state index contributed by atoms with van der Waals surface area (Å²) in [6.07, 6.45) is -1.68. The Balaban J connectivity index is 1.81. The van der Waals surface area contributed by atoms with Crippen LogP contribution < -0.4 is 14.2 Å². The highest BCUT2D eigenvalue weighted by atomic mass is 19.4. The van der Waals surface area contributed by atoms with E-state index in [9.17, 15) is 39.9 Å². The van der Waals surface area contributed by atoms with Gasteiger partial charge < -0.3 is 14.2 Å². The summed E-state index contributed by atoms with van der Waals surface area (Å²) < 4.78 is 117. The highest BCUT2D eigenvalue weighted by molar-refractivity contribution is 5.91. The third-order valence-corrected chi connectivity index (χ3v) is 5.69. The molecule has 0 aliphatic heterocycles. The number of rotatable bonds is 16. The maximum absolute atomic E-state index is 13.6. The molecule has 39 heavy (non-hydrogen) atoms. The van der Waals surface area contributed by atoms with Gasteiger partial charge in [-0.25, -0.2) is 4.79 Å². The van der Waals surface area contributed by atoms with Crippen molar-refractivity contribution in [2.24, 2.45) is 0 Å². The maximum atomic E-state index is 13.6. The van der Waals surface area contributed by atoms with Crippen molar-refractivity contribution in [2.75, 3.05) is 6.61 Å². The van der Waals surface area contributed by atoms with Gasteiger partial charge in [-0.1, -0.05) is 51.9 Å². The second-order valence-corrected chi connectivity index (χ2v) is 8.84. The summed E-state index contributed by atoms with van der Waals surface area (Å²) in [4.78, 5) is 12.3. The molecule has 4 nitrogen and oxygen atoms in total. The molecule has 0 amide bonds. The van der Waals surface area contributed by atoms with Gasteiger partial charge >= 0.3 is 30.3 Å². The molecular formula is C27H30F8O4. The van der Waals surface area contributed by atoms with Gasteiger partial charge in [-0.05, 0) is 55.0 Å². The Morgan fingerprint density at radius 3 is 1.74 bits per heavy atom. The Morgan fingerprint density at radius 1 is 0.718 bits per heavy atom. The van der Waals surface area contributed by atoms with Gasteiger partial charge in [0.1, 0.15) is 17.2 Å². The summed E-state index contributed by atoms with van der Waals surface area (Å²) in [5.74, 6) is -14.0. The Kier molecular flexibility index (Phi) is 11.8. The SMILES string of the molecule is CCCCCCCCCCOc1ccc(C(=O)Oc2ccc(OC(F)C(F)(F)C(F)(F)C(F)(F)F)cc2)cc1. The predicted octanol–water partition coefficient (Wildman–Crippen LogP) is 8.93. The average Bonchev–Trinajstić information content (AvgIpc) is 2.88. The Labute approximate surface area is 221 Å². The van der Waals surface area contributed by atoms with E-state index in [1.54, 1.807) is 12.1 Å². The zero-order valence-electron chi connectivity index (χ0n) is 21.2. The number of carbonyl (C=O) groups excluding carboxylic acids is 1. The number of alkyl halides is 8. The number of benzene rings is 2. The van der Waals surface area contributed by atoms with Crippen molar-refractivity contribution >= 4 is 5.97 Å². The third kappa shape index (κ3) is 9.28. The van der Waals surface area contributed by atoms with Crippen molar-refractivity contribution in [3.63, 3.8) is 0 Å². The molecule has 0 spiro atoms. The van der Waals surface area contributed by atoms with Gasteiger partial charge in [0.25, 0.3) is 0 Å². The standard InChI is InChI=1S/C27H30F8O4/c1-2-3-4-5-6-7-8-9-18-37-20-12-10-19(11-13-20)23(36)38-21-14-16-22(17-15-21)39-24(28)25(29,30)26(31,32)27(33,34)35/h10-17,24H,2-9,18H2,1H3. The van der Waals surface area contributed by atoms with E-state index >= 15 is 0 Å².